The van der Waals surface area contributed by atoms with Gasteiger partial charge in [-0.25, -0.2) is 0 Å². The smallest absolute Gasteiger partial charge is 0.307 e. The molecule has 104 valence electrons. The molecule has 0 aliphatic heterocycles. The molecule has 6 nitrogen and oxygen atoms in total. The van der Waals surface area contributed by atoms with Crippen LogP contribution in [0, 0.1) is 18.8 Å². The number of nitrogens with zero attached hydrogens (tertiary/aromatic N) is 2. The lowest BCUT2D eigenvalue weighted by molar-refractivity contribution is -0.148. The Morgan fingerprint density at radius 2 is 2.16 bits per heavy atom. The van der Waals surface area contributed by atoms with E-state index in [4.69, 9.17) is 9.63 Å². The monoisotopic (exact) mass is 266 g/mol. The Labute approximate surface area is 111 Å². The number of hydrogen-bond donors (Lipinski definition) is 1. The van der Waals surface area contributed by atoms with Gasteiger partial charge in [0, 0.05) is 13.1 Å². The van der Waals surface area contributed by atoms with Gasteiger partial charge in [-0.05, 0) is 19.8 Å². The van der Waals surface area contributed by atoms with Crippen LogP contribution in [0.4, 0.5) is 0 Å². The van der Waals surface area contributed by atoms with Crippen LogP contribution >= 0.6 is 0 Å². The van der Waals surface area contributed by atoms with E-state index in [9.17, 15) is 9.59 Å². The molecule has 1 aliphatic carbocycles. The maximum absolute atomic E-state index is 12.3. The van der Waals surface area contributed by atoms with Crippen LogP contribution < -0.4 is 0 Å². The van der Waals surface area contributed by atoms with Crippen molar-refractivity contribution in [1.29, 1.82) is 0 Å². The maximum atomic E-state index is 12.3. The van der Waals surface area contributed by atoms with Gasteiger partial charge in [0.2, 0.25) is 5.91 Å². The van der Waals surface area contributed by atoms with Crippen LogP contribution in [0.25, 0.3) is 0 Å². The van der Waals surface area contributed by atoms with E-state index in [0.717, 1.165) is 6.42 Å². The van der Waals surface area contributed by atoms with Crippen molar-refractivity contribution in [3.63, 3.8) is 0 Å². The van der Waals surface area contributed by atoms with E-state index in [2.05, 4.69) is 5.16 Å². The fraction of sp³-hybridized carbons (Fsp3) is 0.615. The van der Waals surface area contributed by atoms with Crippen LogP contribution in [-0.2, 0) is 16.1 Å². The summed E-state index contributed by atoms with van der Waals surface area (Å²) in [5.74, 6) is -1.25. The van der Waals surface area contributed by atoms with E-state index in [1.165, 1.54) is 4.90 Å². The molecule has 2 rings (SSSR count). The summed E-state index contributed by atoms with van der Waals surface area (Å²) in [4.78, 5) is 24.9. The summed E-state index contributed by atoms with van der Waals surface area (Å²) in [6.45, 7) is 2.13. The van der Waals surface area contributed by atoms with E-state index in [1.54, 1.807) is 20.0 Å². The molecule has 0 radical (unpaired) electrons. The molecule has 1 aliphatic rings. The third-order valence-corrected chi connectivity index (χ3v) is 3.60. The number of carbonyl (C=O) groups excluding carboxylic acids is 1. The van der Waals surface area contributed by atoms with Gasteiger partial charge in [-0.3, -0.25) is 9.59 Å². The lowest BCUT2D eigenvalue weighted by atomic mass is 9.95. The Hall–Kier alpha value is -1.85. The van der Waals surface area contributed by atoms with Gasteiger partial charge in [0.25, 0.3) is 0 Å². The molecule has 1 heterocycles. The molecule has 1 aromatic rings. The first kappa shape index (κ1) is 13.6. The number of carbonyl (C=O) groups is 2. The van der Waals surface area contributed by atoms with Crippen molar-refractivity contribution in [2.75, 3.05) is 7.05 Å². The summed E-state index contributed by atoms with van der Waals surface area (Å²) < 4.78 is 4.95. The highest BCUT2D eigenvalue weighted by Crippen LogP contribution is 2.33. The Morgan fingerprint density at radius 1 is 1.47 bits per heavy atom. The number of aliphatic carboxylic acids is 1. The van der Waals surface area contributed by atoms with E-state index >= 15 is 0 Å². The molecular formula is C13H18N2O4. The molecule has 1 fully saturated rings. The number of carboxylic acid groups (broad SMARTS) is 1. The number of amides is 1. The number of aryl methyl sites for hydroxylation is 1. The zero-order valence-electron chi connectivity index (χ0n) is 11.1. The van der Waals surface area contributed by atoms with Crippen molar-refractivity contribution in [1.82, 2.24) is 10.1 Å². The summed E-state index contributed by atoms with van der Waals surface area (Å²) in [7, 11) is 1.67. The Morgan fingerprint density at radius 3 is 2.74 bits per heavy atom. The third kappa shape index (κ3) is 2.94. The fourth-order valence-corrected chi connectivity index (χ4v) is 2.65. The van der Waals surface area contributed by atoms with Gasteiger partial charge < -0.3 is 14.5 Å². The molecule has 1 aromatic heterocycles. The first-order chi connectivity index (χ1) is 8.99. The van der Waals surface area contributed by atoms with Gasteiger partial charge >= 0.3 is 5.97 Å². The summed E-state index contributed by atoms with van der Waals surface area (Å²) in [5, 5.41) is 12.9. The molecule has 1 N–H and O–H groups in total. The SMILES string of the molecule is Cc1cc(CN(C)C(=O)[C@@H]2CCC[C@@H]2C(=O)O)no1. The third-order valence-electron chi connectivity index (χ3n) is 3.60. The molecule has 0 spiro atoms. The molecule has 0 unspecified atom stereocenters. The summed E-state index contributed by atoms with van der Waals surface area (Å²) in [6.07, 6.45) is 2.03. The minimum Gasteiger partial charge on any atom is -0.481 e. The standard InChI is InChI=1S/C13H18N2O4/c1-8-6-9(14-19-8)7-15(2)12(16)10-4-3-5-11(10)13(17)18/h6,10-11H,3-5,7H2,1-2H3,(H,17,18)/t10-,11+/m1/s1. The van der Waals surface area contributed by atoms with Gasteiger partial charge in [0.15, 0.2) is 0 Å². The molecule has 1 amide bonds. The minimum atomic E-state index is -0.874. The lowest BCUT2D eigenvalue weighted by Gasteiger charge is -2.22. The van der Waals surface area contributed by atoms with Crippen LogP contribution in [0.2, 0.25) is 0 Å². The van der Waals surface area contributed by atoms with Crippen molar-refractivity contribution in [2.24, 2.45) is 11.8 Å². The maximum Gasteiger partial charge on any atom is 0.307 e. The second kappa shape index (κ2) is 5.42. The topological polar surface area (TPSA) is 83.6 Å². The summed E-state index contributed by atoms with van der Waals surface area (Å²) in [6, 6.07) is 1.77. The van der Waals surface area contributed by atoms with Crippen molar-refractivity contribution >= 4 is 11.9 Å². The molecule has 0 saturated heterocycles. The van der Waals surface area contributed by atoms with Crippen molar-refractivity contribution < 1.29 is 19.2 Å². The average Bonchev–Trinajstić information content (AvgIpc) is 2.97. The molecule has 0 bridgehead atoms. The highest BCUT2D eigenvalue weighted by molar-refractivity contribution is 5.85. The van der Waals surface area contributed by atoms with Crippen LogP contribution in [0.5, 0.6) is 0 Å². The number of aromatic nitrogens is 1. The highest BCUT2D eigenvalue weighted by Gasteiger charge is 2.39. The van der Waals surface area contributed by atoms with Gasteiger partial charge in [0.1, 0.15) is 11.5 Å². The predicted molar refractivity (Wildman–Crippen MR) is 66.2 cm³/mol. The number of hydrogen-bond acceptors (Lipinski definition) is 4. The first-order valence-electron chi connectivity index (χ1n) is 6.39. The molecule has 1 saturated carbocycles. The van der Waals surface area contributed by atoms with Crippen molar-refractivity contribution in [3.05, 3.63) is 17.5 Å². The molecular weight excluding hydrogens is 248 g/mol. The Balaban J connectivity index is 2.00. The number of carboxylic acids is 1. The van der Waals surface area contributed by atoms with Gasteiger partial charge in [-0.15, -0.1) is 0 Å². The van der Waals surface area contributed by atoms with E-state index < -0.39 is 17.8 Å². The van der Waals surface area contributed by atoms with Crippen LogP contribution in [0.3, 0.4) is 0 Å². The van der Waals surface area contributed by atoms with Crippen LogP contribution in [-0.4, -0.2) is 34.1 Å². The Bertz CT molecular complexity index is 483. The van der Waals surface area contributed by atoms with Crippen LogP contribution in [0.1, 0.15) is 30.7 Å². The molecule has 2 atom stereocenters. The fourth-order valence-electron chi connectivity index (χ4n) is 2.65. The first-order valence-corrected chi connectivity index (χ1v) is 6.39. The van der Waals surface area contributed by atoms with E-state index in [1.807, 2.05) is 0 Å². The van der Waals surface area contributed by atoms with Crippen molar-refractivity contribution in [2.45, 2.75) is 32.7 Å². The minimum absolute atomic E-state index is 0.120. The van der Waals surface area contributed by atoms with Crippen LogP contribution in [0.15, 0.2) is 10.6 Å². The predicted octanol–water partition coefficient (Wildman–Crippen LogP) is 1.44. The zero-order valence-corrected chi connectivity index (χ0v) is 11.1. The molecule has 0 aromatic carbocycles. The molecule has 6 heteroatoms. The Kier molecular flexibility index (Phi) is 3.87. The summed E-state index contributed by atoms with van der Waals surface area (Å²) >= 11 is 0. The quantitative estimate of drug-likeness (QED) is 0.891. The van der Waals surface area contributed by atoms with Crippen molar-refractivity contribution in [3.8, 4) is 0 Å². The molecule has 19 heavy (non-hydrogen) atoms. The zero-order chi connectivity index (χ0) is 14.0. The second-order valence-corrected chi connectivity index (χ2v) is 5.11. The largest absolute Gasteiger partial charge is 0.481 e. The van der Waals surface area contributed by atoms with Gasteiger partial charge in [-0.1, -0.05) is 11.6 Å². The van der Waals surface area contributed by atoms with E-state index in [0.29, 0.717) is 30.8 Å². The average molecular weight is 266 g/mol. The lowest BCUT2D eigenvalue weighted by Crippen LogP contribution is -2.36. The van der Waals surface area contributed by atoms with Gasteiger partial charge in [-0.2, -0.15) is 0 Å². The normalized spacial score (nSPS) is 22.4. The summed E-state index contributed by atoms with van der Waals surface area (Å²) in [5.41, 5.74) is 0.679. The van der Waals surface area contributed by atoms with Gasteiger partial charge in [0.05, 0.1) is 18.4 Å². The van der Waals surface area contributed by atoms with E-state index in [-0.39, 0.29) is 5.91 Å². The number of rotatable bonds is 4. The second-order valence-electron chi connectivity index (χ2n) is 5.11. The highest BCUT2D eigenvalue weighted by atomic mass is 16.5.